The van der Waals surface area contributed by atoms with E-state index in [1.165, 1.54) is 0 Å². The van der Waals surface area contributed by atoms with Gasteiger partial charge in [0.1, 0.15) is 0 Å². The predicted molar refractivity (Wildman–Crippen MR) is 55.6 cm³/mol. The van der Waals surface area contributed by atoms with Crippen molar-refractivity contribution >= 4 is 5.84 Å². The fourth-order valence-electron chi connectivity index (χ4n) is 0.715. The van der Waals surface area contributed by atoms with E-state index >= 15 is 0 Å². The van der Waals surface area contributed by atoms with Crippen molar-refractivity contribution in [3.63, 3.8) is 0 Å². The van der Waals surface area contributed by atoms with Gasteiger partial charge in [-0.1, -0.05) is 24.3 Å². The number of hydrogen-bond donors (Lipinski definition) is 0. The highest BCUT2D eigenvalue weighted by Crippen LogP contribution is 1.91. The summed E-state index contributed by atoms with van der Waals surface area (Å²) >= 11 is 0. The highest BCUT2D eigenvalue weighted by molar-refractivity contribution is 5.79. The van der Waals surface area contributed by atoms with Gasteiger partial charge in [0.2, 0.25) is 0 Å². The maximum atomic E-state index is 4.07. The van der Waals surface area contributed by atoms with Crippen LogP contribution in [-0.2, 0) is 0 Å². The molecule has 12 heavy (non-hydrogen) atoms. The second-order valence-electron chi connectivity index (χ2n) is 2.90. The molecule has 0 N–H and O–H groups in total. The summed E-state index contributed by atoms with van der Waals surface area (Å²) in [4.78, 5) is 6.16. The van der Waals surface area contributed by atoms with E-state index in [0.29, 0.717) is 0 Å². The molecule has 0 atom stereocenters. The van der Waals surface area contributed by atoms with Crippen molar-refractivity contribution in [2.24, 2.45) is 4.99 Å². The Labute approximate surface area is 75.3 Å². The number of likely N-dealkylation sites (N-methyl/N-ethyl adjacent to an activating group) is 1. The highest BCUT2D eigenvalue weighted by atomic mass is 15.1. The van der Waals surface area contributed by atoms with E-state index in [-0.39, 0.29) is 0 Å². The molecule has 2 heteroatoms. The van der Waals surface area contributed by atoms with Gasteiger partial charge in [0.05, 0.1) is 5.84 Å². The molecule has 0 saturated carbocycles. The molecule has 68 valence electrons. The van der Waals surface area contributed by atoms with Crippen molar-refractivity contribution in [2.75, 3.05) is 20.6 Å². The van der Waals surface area contributed by atoms with E-state index in [2.05, 4.69) is 22.5 Å². The third-order valence-corrected chi connectivity index (χ3v) is 1.66. The Balaban J connectivity index is 3.86. The molecule has 0 aromatic heterocycles. The lowest BCUT2D eigenvalue weighted by atomic mass is 10.3. The smallest absolute Gasteiger partial charge is 0.0954 e. The van der Waals surface area contributed by atoms with Crippen molar-refractivity contribution in [3.8, 4) is 0 Å². The van der Waals surface area contributed by atoms with E-state index in [1.807, 2.05) is 27.0 Å². The Morgan fingerprint density at radius 3 is 2.50 bits per heavy atom. The summed E-state index contributed by atoms with van der Waals surface area (Å²) < 4.78 is 0. The van der Waals surface area contributed by atoms with Crippen LogP contribution in [0, 0.1) is 0 Å². The normalized spacial score (nSPS) is 12.2. The summed E-state index contributed by atoms with van der Waals surface area (Å²) in [6.45, 7) is 8.64. The lowest BCUT2D eigenvalue weighted by Gasteiger charge is -2.15. The van der Waals surface area contributed by atoms with Crippen LogP contribution in [0.5, 0.6) is 0 Å². The molecule has 0 saturated heterocycles. The second kappa shape index (κ2) is 5.58. The van der Waals surface area contributed by atoms with Gasteiger partial charge in [0.15, 0.2) is 0 Å². The van der Waals surface area contributed by atoms with E-state index in [1.54, 1.807) is 7.05 Å². The first kappa shape index (κ1) is 11.0. The van der Waals surface area contributed by atoms with Gasteiger partial charge in [0.25, 0.3) is 0 Å². The predicted octanol–water partition coefficient (Wildman–Crippen LogP) is 2.10. The first-order chi connectivity index (χ1) is 5.57. The van der Waals surface area contributed by atoms with Gasteiger partial charge >= 0.3 is 0 Å². The molecule has 0 amide bonds. The maximum absolute atomic E-state index is 4.07. The molecule has 0 heterocycles. The Morgan fingerprint density at radius 2 is 2.08 bits per heavy atom. The number of nitrogens with zero attached hydrogens (tertiary/aromatic N) is 2. The molecule has 0 bridgehead atoms. The Morgan fingerprint density at radius 1 is 1.50 bits per heavy atom. The monoisotopic (exact) mass is 166 g/mol. The van der Waals surface area contributed by atoms with Gasteiger partial charge in [-0.25, -0.2) is 0 Å². The Kier molecular flexibility index (Phi) is 5.09. The van der Waals surface area contributed by atoms with Crippen LogP contribution in [-0.4, -0.2) is 31.4 Å². The van der Waals surface area contributed by atoms with Gasteiger partial charge in [-0.2, -0.15) is 0 Å². The lowest BCUT2D eigenvalue weighted by Crippen LogP contribution is -2.23. The second-order valence-corrected chi connectivity index (χ2v) is 2.90. The van der Waals surface area contributed by atoms with E-state index in [9.17, 15) is 0 Å². The average Bonchev–Trinajstić information content (AvgIpc) is 2.02. The summed E-state index contributed by atoms with van der Waals surface area (Å²) in [5.41, 5.74) is 1.08. The molecule has 0 radical (unpaired) electrons. The third-order valence-electron chi connectivity index (χ3n) is 1.66. The lowest BCUT2D eigenvalue weighted by molar-refractivity contribution is 0.559. The summed E-state index contributed by atoms with van der Waals surface area (Å²) in [7, 11) is 3.82. The summed E-state index contributed by atoms with van der Waals surface area (Å²) in [5.74, 6) is 1.04. The minimum absolute atomic E-state index is 0.885. The third kappa shape index (κ3) is 4.72. The van der Waals surface area contributed by atoms with Crippen LogP contribution >= 0.6 is 0 Å². The molecule has 2 nitrogen and oxygen atoms in total. The zero-order valence-corrected chi connectivity index (χ0v) is 8.46. The van der Waals surface area contributed by atoms with Crippen molar-refractivity contribution in [1.29, 1.82) is 0 Å². The van der Waals surface area contributed by atoms with Gasteiger partial charge in [-0.3, -0.25) is 4.99 Å². The zero-order chi connectivity index (χ0) is 9.56. The average molecular weight is 166 g/mol. The first-order valence-electron chi connectivity index (χ1n) is 4.04. The minimum atomic E-state index is 0.885. The quantitative estimate of drug-likeness (QED) is 0.356. The molecule has 0 spiro atoms. The van der Waals surface area contributed by atoms with Crippen LogP contribution in [0.25, 0.3) is 0 Å². The molecule has 0 unspecified atom stereocenters. The van der Waals surface area contributed by atoms with Crippen LogP contribution < -0.4 is 0 Å². The zero-order valence-electron chi connectivity index (χ0n) is 8.46. The van der Waals surface area contributed by atoms with Crippen molar-refractivity contribution in [3.05, 3.63) is 24.3 Å². The summed E-state index contributed by atoms with van der Waals surface area (Å²) in [6.07, 6.45) is 4.09. The minimum Gasteiger partial charge on any atom is -0.360 e. The number of allylic oxidation sites excluding steroid dienone is 2. The molecule has 0 aliphatic rings. The van der Waals surface area contributed by atoms with E-state index in [0.717, 1.165) is 18.0 Å². The molecule has 0 aromatic carbocycles. The van der Waals surface area contributed by atoms with Gasteiger partial charge < -0.3 is 4.90 Å². The molecular formula is C10H18N2. The first-order valence-corrected chi connectivity index (χ1v) is 4.04. The molecule has 0 aliphatic carbocycles. The molecule has 0 aliphatic heterocycles. The van der Waals surface area contributed by atoms with Gasteiger partial charge in [-0.05, 0) is 13.8 Å². The standard InChI is InChI=1S/C10H18N2/c1-9(2)7-6-8-12(5)10(3)11-4/h6-7H,1,8H2,2-5H3/b7-6+,11-10-. The van der Waals surface area contributed by atoms with Crippen LogP contribution in [0.2, 0.25) is 0 Å². The fraction of sp³-hybridized carbons (Fsp3) is 0.500. The molecule has 0 fully saturated rings. The van der Waals surface area contributed by atoms with Crippen LogP contribution in [0.1, 0.15) is 13.8 Å². The number of hydrogen-bond acceptors (Lipinski definition) is 1. The maximum Gasteiger partial charge on any atom is 0.0954 e. The SMILES string of the molecule is C=C(C)/C=C/CN(C)/C(C)=N\C. The van der Waals surface area contributed by atoms with Crippen molar-refractivity contribution in [2.45, 2.75) is 13.8 Å². The Hall–Kier alpha value is -1.05. The van der Waals surface area contributed by atoms with Crippen molar-refractivity contribution < 1.29 is 0 Å². The highest BCUT2D eigenvalue weighted by Gasteiger charge is 1.94. The number of rotatable bonds is 3. The summed E-state index contributed by atoms with van der Waals surface area (Å²) in [6, 6.07) is 0. The Bertz CT molecular complexity index is 202. The van der Waals surface area contributed by atoms with Gasteiger partial charge in [-0.15, -0.1) is 0 Å². The molecule has 0 aromatic rings. The van der Waals surface area contributed by atoms with E-state index in [4.69, 9.17) is 0 Å². The fourth-order valence-corrected chi connectivity index (χ4v) is 0.715. The topological polar surface area (TPSA) is 15.6 Å². The summed E-state index contributed by atoms with van der Waals surface area (Å²) in [5, 5.41) is 0. The largest absolute Gasteiger partial charge is 0.360 e. The van der Waals surface area contributed by atoms with Crippen molar-refractivity contribution in [1.82, 2.24) is 4.90 Å². The molecular weight excluding hydrogens is 148 g/mol. The van der Waals surface area contributed by atoms with E-state index < -0.39 is 0 Å². The molecule has 0 rings (SSSR count). The number of aliphatic imine (C=N–C) groups is 1. The number of amidine groups is 1. The van der Waals surface area contributed by atoms with Crippen LogP contribution in [0.4, 0.5) is 0 Å². The van der Waals surface area contributed by atoms with Crippen LogP contribution in [0.3, 0.4) is 0 Å². The van der Waals surface area contributed by atoms with Gasteiger partial charge in [0, 0.05) is 20.6 Å². The van der Waals surface area contributed by atoms with Crippen LogP contribution in [0.15, 0.2) is 29.3 Å².